The van der Waals surface area contributed by atoms with E-state index < -0.39 is 6.10 Å². The van der Waals surface area contributed by atoms with Gasteiger partial charge in [0, 0.05) is 12.6 Å². The molecule has 2 N–H and O–H groups in total. The molecule has 0 aliphatic carbocycles. The van der Waals surface area contributed by atoms with Gasteiger partial charge in [-0.1, -0.05) is 23.2 Å². The van der Waals surface area contributed by atoms with Gasteiger partial charge in [0.05, 0.1) is 17.7 Å². The first-order chi connectivity index (χ1) is 6.13. The summed E-state index contributed by atoms with van der Waals surface area (Å²) in [5.74, 6) is 0. The molecule has 0 bridgehead atoms. The lowest BCUT2D eigenvalue weighted by atomic mass is 10.1. The highest BCUT2D eigenvalue weighted by Gasteiger charge is 2.06. The number of nitrogens with zero attached hydrogens (tertiary/aromatic N) is 1. The highest BCUT2D eigenvalue weighted by atomic mass is 35.5. The fraction of sp³-hybridized carbons (Fsp3) is 0.375. The van der Waals surface area contributed by atoms with E-state index in [1.165, 1.54) is 6.20 Å². The minimum atomic E-state index is -0.779. The standard InChI is InChI=1S/C8H9Cl2NO2/c9-7-2-5(1-6(13)4-12)3-11-8(7)10/h2-3,6,12-13H,1,4H2. The molecule has 1 aromatic heterocycles. The number of pyridine rings is 1. The van der Waals surface area contributed by atoms with Crippen LogP contribution in [-0.2, 0) is 6.42 Å². The van der Waals surface area contributed by atoms with E-state index in [-0.39, 0.29) is 11.8 Å². The Labute approximate surface area is 85.9 Å². The lowest BCUT2D eigenvalue weighted by Crippen LogP contribution is -2.15. The molecule has 3 nitrogen and oxygen atoms in total. The predicted octanol–water partition coefficient (Wildman–Crippen LogP) is 1.28. The number of hydrogen-bond acceptors (Lipinski definition) is 3. The SMILES string of the molecule is OCC(O)Cc1cnc(Cl)c(Cl)c1. The Hall–Kier alpha value is -0.350. The lowest BCUT2D eigenvalue weighted by molar-refractivity contribution is 0.0954. The molecule has 1 unspecified atom stereocenters. The summed E-state index contributed by atoms with van der Waals surface area (Å²) in [7, 11) is 0. The zero-order valence-electron chi connectivity index (χ0n) is 6.74. The lowest BCUT2D eigenvalue weighted by Gasteiger charge is -2.06. The second-order valence-electron chi connectivity index (χ2n) is 2.66. The second-order valence-corrected chi connectivity index (χ2v) is 3.42. The van der Waals surface area contributed by atoms with E-state index in [2.05, 4.69) is 4.98 Å². The fourth-order valence-electron chi connectivity index (χ4n) is 0.909. The van der Waals surface area contributed by atoms with E-state index >= 15 is 0 Å². The van der Waals surface area contributed by atoms with Crippen LogP contribution in [0.3, 0.4) is 0 Å². The van der Waals surface area contributed by atoms with Gasteiger partial charge in [0.1, 0.15) is 5.15 Å². The van der Waals surface area contributed by atoms with Crippen molar-refractivity contribution in [2.75, 3.05) is 6.61 Å². The summed E-state index contributed by atoms with van der Waals surface area (Å²) in [4.78, 5) is 3.81. The highest BCUT2D eigenvalue weighted by Crippen LogP contribution is 2.20. The minimum Gasteiger partial charge on any atom is -0.394 e. The molecule has 0 amide bonds. The van der Waals surface area contributed by atoms with Gasteiger partial charge in [-0.05, 0) is 11.6 Å². The number of halogens is 2. The summed E-state index contributed by atoms with van der Waals surface area (Å²) < 4.78 is 0. The van der Waals surface area contributed by atoms with Crippen LogP contribution in [0.1, 0.15) is 5.56 Å². The van der Waals surface area contributed by atoms with Gasteiger partial charge < -0.3 is 10.2 Å². The topological polar surface area (TPSA) is 53.4 Å². The Kier molecular flexibility index (Phi) is 3.93. The molecule has 0 saturated carbocycles. The van der Waals surface area contributed by atoms with Gasteiger partial charge >= 0.3 is 0 Å². The van der Waals surface area contributed by atoms with Crippen molar-refractivity contribution >= 4 is 23.2 Å². The van der Waals surface area contributed by atoms with E-state index in [1.807, 2.05) is 0 Å². The second kappa shape index (κ2) is 4.77. The average Bonchev–Trinajstić information content (AvgIpc) is 2.11. The first-order valence-corrected chi connectivity index (χ1v) is 4.48. The third kappa shape index (κ3) is 3.12. The largest absolute Gasteiger partial charge is 0.394 e. The van der Waals surface area contributed by atoms with Crippen molar-refractivity contribution in [2.45, 2.75) is 12.5 Å². The number of rotatable bonds is 3. The molecule has 1 rings (SSSR count). The van der Waals surface area contributed by atoms with Crippen LogP contribution in [-0.4, -0.2) is 27.9 Å². The number of aliphatic hydroxyl groups is 2. The summed E-state index contributed by atoms with van der Waals surface area (Å²) in [6.07, 6.45) is 1.06. The van der Waals surface area contributed by atoms with Gasteiger partial charge in [0.25, 0.3) is 0 Å². The van der Waals surface area contributed by atoms with E-state index in [0.29, 0.717) is 11.4 Å². The van der Waals surface area contributed by atoms with Gasteiger partial charge in [-0.2, -0.15) is 0 Å². The monoisotopic (exact) mass is 221 g/mol. The molecule has 0 aliphatic rings. The molecule has 0 spiro atoms. The number of aliphatic hydroxyl groups excluding tert-OH is 2. The maximum absolute atomic E-state index is 9.12. The van der Waals surface area contributed by atoms with Gasteiger partial charge in [-0.3, -0.25) is 0 Å². The van der Waals surface area contributed by atoms with E-state index in [4.69, 9.17) is 33.4 Å². The van der Waals surface area contributed by atoms with Crippen molar-refractivity contribution in [2.24, 2.45) is 0 Å². The van der Waals surface area contributed by atoms with Crippen LogP contribution in [0.5, 0.6) is 0 Å². The molecule has 0 saturated heterocycles. The maximum Gasteiger partial charge on any atom is 0.147 e. The molecule has 0 aliphatic heterocycles. The van der Waals surface area contributed by atoms with Crippen molar-refractivity contribution in [1.29, 1.82) is 0 Å². The third-order valence-corrected chi connectivity index (χ3v) is 2.22. The Morgan fingerprint density at radius 1 is 1.46 bits per heavy atom. The van der Waals surface area contributed by atoms with Crippen LogP contribution in [0.15, 0.2) is 12.3 Å². The summed E-state index contributed by atoms with van der Waals surface area (Å²) in [5.41, 5.74) is 0.746. The Morgan fingerprint density at radius 2 is 2.15 bits per heavy atom. The normalized spacial score (nSPS) is 12.9. The highest BCUT2D eigenvalue weighted by molar-refractivity contribution is 6.41. The quantitative estimate of drug-likeness (QED) is 0.757. The van der Waals surface area contributed by atoms with Crippen molar-refractivity contribution in [3.63, 3.8) is 0 Å². The first kappa shape index (κ1) is 10.7. The van der Waals surface area contributed by atoms with E-state index in [0.717, 1.165) is 5.56 Å². The van der Waals surface area contributed by atoms with Crippen molar-refractivity contribution in [1.82, 2.24) is 4.98 Å². The zero-order valence-corrected chi connectivity index (χ0v) is 8.26. The summed E-state index contributed by atoms with van der Waals surface area (Å²) in [5, 5.41) is 18.3. The molecule has 1 heterocycles. The minimum absolute atomic E-state index is 0.240. The Morgan fingerprint density at radius 3 is 2.69 bits per heavy atom. The van der Waals surface area contributed by atoms with Crippen LogP contribution < -0.4 is 0 Å². The average molecular weight is 222 g/mol. The molecule has 1 aromatic rings. The van der Waals surface area contributed by atoms with Crippen molar-refractivity contribution in [3.8, 4) is 0 Å². The van der Waals surface area contributed by atoms with Crippen LogP contribution in [0.2, 0.25) is 10.2 Å². The molecule has 72 valence electrons. The van der Waals surface area contributed by atoms with E-state index in [1.54, 1.807) is 6.07 Å². The van der Waals surface area contributed by atoms with Gasteiger partial charge in [-0.25, -0.2) is 4.98 Å². The van der Waals surface area contributed by atoms with Crippen LogP contribution in [0, 0.1) is 0 Å². The maximum atomic E-state index is 9.12. The summed E-state index contributed by atoms with van der Waals surface area (Å²) >= 11 is 11.3. The molecular formula is C8H9Cl2NO2. The van der Waals surface area contributed by atoms with Crippen LogP contribution in [0.4, 0.5) is 0 Å². The summed E-state index contributed by atoms with van der Waals surface area (Å²) in [6, 6.07) is 1.62. The number of aromatic nitrogens is 1. The van der Waals surface area contributed by atoms with Gasteiger partial charge in [0.15, 0.2) is 0 Å². The molecular weight excluding hydrogens is 213 g/mol. The van der Waals surface area contributed by atoms with Crippen LogP contribution >= 0.6 is 23.2 Å². The molecule has 13 heavy (non-hydrogen) atoms. The molecule has 0 aromatic carbocycles. The van der Waals surface area contributed by atoms with Crippen LogP contribution in [0.25, 0.3) is 0 Å². The Balaban J connectivity index is 2.73. The van der Waals surface area contributed by atoms with Crippen molar-refractivity contribution < 1.29 is 10.2 Å². The fourth-order valence-corrected chi connectivity index (χ4v) is 1.20. The molecule has 1 atom stereocenters. The third-order valence-electron chi connectivity index (χ3n) is 1.53. The summed E-state index contributed by atoms with van der Waals surface area (Å²) in [6.45, 7) is -0.278. The van der Waals surface area contributed by atoms with Gasteiger partial charge in [-0.15, -0.1) is 0 Å². The van der Waals surface area contributed by atoms with Gasteiger partial charge in [0.2, 0.25) is 0 Å². The van der Waals surface area contributed by atoms with E-state index in [9.17, 15) is 0 Å². The molecule has 0 radical (unpaired) electrons. The zero-order chi connectivity index (χ0) is 9.84. The molecule has 5 heteroatoms. The predicted molar refractivity (Wildman–Crippen MR) is 51.1 cm³/mol. The smallest absolute Gasteiger partial charge is 0.147 e. The first-order valence-electron chi connectivity index (χ1n) is 3.72. The molecule has 0 fully saturated rings. The Bertz CT molecular complexity index is 293. The van der Waals surface area contributed by atoms with Crippen molar-refractivity contribution in [3.05, 3.63) is 28.0 Å². The number of hydrogen-bond donors (Lipinski definition) is 2.